The van der Waals surface area contributed by atoms with Crippen LogP contribution in [0.15, 0.2) is 42.5 Å². The minimum Gasteiger partial charge on any atom is -0.482 e. The maximum Gasteiger partial charge on any atom is 0.344 e. The lowest BCUT2D eigenvalue weighted by atomic mass is 10.2. The molecule has 8 heteroatoms. The van der Waals surface area contributed by atoms with Gasteiger partial charge in [-0.1, -0.05) is 18.5 Å². The molecule has 0 aliphatic heterocycles. The van der Waals surface area contributed by atoms with Gasteiger partial charge in [-0.3, -0.25) is 4.79 Å². The molecule has 0 bridgehead atoms. The largest absolute Gasteiger partial charge is 0.482 e. The van der Waals surface area contributed by atoms with Gasteiger partial charge in [0.2, 0.25) is 0 Å². The molecule has 1 N–H and O–H groups in total. The van der Waals surface area contributed by atoms with Gasteiger partial charge >= 0.3 is 11.9 Å². The number of hydrogen-bond acceptors (Lipinski definition) is 6. The number of rotatable bonds is 9. The number of benzene rings is 2. The van der Waals surface area contributed by atoms with Crippen molar-refractivity contribution in [2.75, 3.05) is 25.1 Å². The minimum atomic E-state index is -0.679. The minimum absolute atomic E-state index is 0.330. The summed E-state index contributed by atoms with van der Waals surface area (Å²) < 4.78 is 15.2. The summed E-state index contributed by atoms with van der Waals surface area (Å²) in [6.45, 7) is 3.29. The predicted molar refractivity (Wildman–Crippen MR) is 108 cm³/mol. The summed E-state index contributed by atoms with van der Waals surface area (Å²) in [5, 5.41) is 3.17. The average Bonchev–Trinajstić information content (AvgIpc) is 2.72. The predicted octanol–water partition coefficient (Wildman–Crippen LogP) is 3.78. The van der Waals surface area contributed by atoms with Crippen LogP contribution >= 0.6 is 11.6 Å². The Hall–Kier alpha value is -3.06. The highest BCUT2D eigenvalue weighted by molar-refractivity contribution is 6.31. The van der Waals surface area contributed by atoms with Crippen LogP contribution in [0.25, 0.3) is 0 Å². The zero-order valence-electron chi connectivity index (χ0n) is 16.2. The first-order chi connectivity index (χ1) is 13.9. The molecule has 1 amide bonds. The van der Waals surface area contributed by atoms with Crippen molar-refractivity contribution in [1.82, 2.24) is 0 Å². The van der Waals surface area contributed by atoms with E-state index in [0.29, 0.717) is 28.6 Å². The van der Waals surface area contributed by atoms with Gasteiger partial charge in [-0.25, -0.2) is 9.59 Å². The van der Waals surface area contributed by atoms with Crippen molar-refractivity contribution in [1.29, 1.82) is 0 Å². The van der Waals surface area contributed by atoms with Crippen molar-refractivity contribution in [3.8, 4) is 5.75 Å². The molecular formula is C21H22ClNO6. The smallest absolute Gasteiger partial charge is 0.344 e. The third-order valence-corrected chi connectivity index (χ3v) is 4.12. The third kappa shape index (κ3) is 7.46. The van der Waals surface area contributed by atoms with Crippen LogP contribution in [0, 0.1) is 6.92 Å². The summed E-state index contributed by atoms with van der Waals surface area (Å²) in [6, 6.07) is 11.2. The second kappa shape index (κ2) is 11.1. The van der Waals surface area contributed by atoms with Crippen LogP contribution in [-0.2, 0) is 19.1 Å². The number of hydrogen-bond donors (Lipinski definition) is 1. The zero-order valence-corrected chi connectivity index (χ0v) is 17.0. The second-order valence-corrected chi connectivity index (χ2v) is 6.53. The number of nitrogens with one attached hydrogen (secondary N) is 1. The van der Waals surface area contributed by atoms with E-state index >= 15 is 0 Å². The van der Waals surface area contributed by atoms with Crippen LogP contribution in [0.3, 0.4) is 0 Å². The van der Waals surface area contributed by atoms with E-state index in [-0.39, 0.29) is 6.61 Å². The molecule has 0 atom stereocenters. The molecule has 0 heterocycles. The molecule has 7 nitrogen and oxygen atoms in total. The molecule has 0 spiro atoms. The van der Waals surface area contributed by atoms with Crippen LogP contribution in [0.2, 0.25) is 5.02 Å². The maximum atomic E-state index is 11.9. The number of halogens is 1. The molecule has 0 saturated heterocycles. The van der Waals surface area contributed by atoms with Gasteiger partial charge in [0.05, 0.1) is 12.2 Å². The number of ether oxygens (including phenoxy) is 3. The van der Waals surface area contributed by atoms with Crippen molar-refractivity contribution in [3.63, 3.8) is 0 Å². The molecule has 2 aromatic rings. The van der Waals surface area contributed by atoms with Crippen LogP contribution in [0.1, 0.15) is 29.3 Å². The highest BCUT2D eigenvalue weighted by atomic mass is 35.5. The van der Waals surface area contributed by atoms with E-state index in [1.54, 1.807) is 42.5 Å². The summed E-state index contributed by atoms with van der Waals surface area (Å²) >= 11 is 5.92. The van der Waals surface area contributed by atoms with Gasteiger partial charge in [0.25, 0.3) is 5.91 Å². The summed E-state index contributed by atoms with van der Waals surface area (Å²) in [5.74, 6) is -1.14. The van der Waals surface area contributed by atoms with Gasteiger partial charge in [0.15, 0.2) is 13.2 Å². The number of carbonyl (C=O) groups is 3. The Labute approximate surface area is 173 Å². The van der Waals surface area contributed by atoms with Gasteiger partial charge in [0.1, 0.15) is 5.75 Å². The highest BCUT2D eigenvalue weighted by Crippen LogP contribution is 2.21. The molecule has 0 aliphatic rings. The lowest BCUT2D eigenvalue weighted by molar-refractivity contribution is -0.149. The average molecular weight is 420 g/mol. The normalized spacial score (nSPS) is 10.2. The molecular weight excluding hydrogens is 398 g/mol. The maximum absolute atomic E-state index is 11.9. The first-order valence-electron chi connectivity index (χ1n) is 9.00. The Morgan fingerprint density at radius 3 is 2.38 bits per heavy atom. The Bertz CT molecular complexity index is 866. The summed E-state index contributed by atoms with van der Waals surface area (Å²) in [6.07, 6.45) is 0.739. The highest BCUT2D eigenvalue weighted by Gasteiger charge is 2.11. The molecule has 29 heavy (non-hydrogen) atoms. The van der Waals surface area contributed by atoms with E-state index in [0.717, 1.165) is 12.0 Å². The van der Waals surface area contributed by atoms with E-state index in [2.05, 4.69) is 5.32 Å². The first kappa shape index (κ1) is 22.2. The Morgan fingerprint density at radius 1 is 1.00 bits per heavy atom. The molecule has 0 unspecified atom stereocenters. The molecule has 0 radical (unpaired) electrons. The van der Waals surface area contributed by atoms with E-state index in [4.69, 9.17) is 25.8 Å². The topological polar surface area (TPSA) is 90.9 Å². The van der Waals surface area contributed by atoms with Gasteiger partial charge in [-0.05, 0) is 61.4 Å². The quantitative estimate of drug-likeness (QED) is 0.622. The Morgan fingerprint density at radius 2 is 1.72 bits per heavy atom. The SMILES string of the molecule is CCCOC(=O)c1ccc(NC(=O)COC(=O)COc2ccc(Cl)c(C)c2)cc1. The van der Waals surface area contributed by atoms with Crippen LogP contribution in [0.5, 0.6) is 5.75 Å². The zero-order chi connectivity index (χ0) is 21.2. The van der Waals surface area contributed by atoms with Gasteiger partial charge < -0.3 is 19.5 Å². The number of aryl methyl sites for hydroxylation is 1. The van der Waals surface area contributed by atoms with Gasteiger partial charge in [0, 0.05) is 10.7 Å². The van der Waals surface area contributed by atoms with Crippen LogP contribution in [0.4, 0.5) is 5.69 Å². The second-order valence-electron chi connectivity index (χ2n) is 6.12. The number of anilines is 1. The van der Waals surface area contributed by atoms with Crippen molar-refractivity contribution < 1.29 is 28.6 Å². The molecule has 0 fully saturated rings. The Balaban J connectivity index is 1.73. The van der Waals surface area contributed by atoms with Crippen molar-refractivity contribution in [2.45, 2.75) is 20.3 Å². The summed E-state index contributed by atoms with van der Waals surface area (Å²) in [4.78, 5) is 35.4. The van der Waals surface area contributed by atoms with E-state index in [1.807, 2.05) is 13.8 Å². The lowest BCUT2D eigenvalue weighted by Gasteiger charge is -2.09. The Kier molecular flexibility index (Phi) is 8.48. The van der Waals surface area contributed by atoms with E-state index in [9.17, 15) is 14.4 Å². The van der Waals surface area contributed by atoms with Crippen molar-refractivity contribution in [3.05, 3.63) is 58.6 Å². The van der Waals surface area contributed by atoms with E-state index < -0.39 is 24.5 Å². The van der Waals surface area contributed by atoms with Gasteiger partial charge in [-0.15, -0.1) is 0 Å². The standard InChI is InChI=1S/C21H22ClNO6/c1-3-10-27-21(26)15-4-6-16(7-5-15)23-19(24)12-29-20(25)13-28-17-8-9-18(22)14(2)11-17/h4-9,11H,3,10,12-13H2,1-2H3,(H,23,24). The van der Waals surface area contributed by atoms with Crippen molar-refractivity contribution >= 4 is 35.1 Å². The monoisotopic (exact) mass is 419 g/mol. The molecule has 0 aliphatic carbocycles. The molecule has 0 aromatic heterocycles. The van der Waals surface area contributed by atoms with Crippen LogP contribution in [-0.4, -0.2) is 37.7 Å². The summed E-state index contributed by atoms with van der Waals surface area (Å²) in [7, 11) is 0. The fourth-order valence-electron chi connectivity index (χ4n) is 2.20. The molecule has 154 valence electrons. The third-order valence-electron chi connectivity index (χ3n) is 3.69. The van der Waals surface area contributed by atoms with E-state index in [1.165, 1.54) is 0 Å². The number of esters is 2. The molecule has 2 aromatic carbocycles. The first-order valence-corrected chi connectivity index (χ1v) is 9.38. The lowest BCUT2D eigenvalue weighted by Crippen LogP contribution is -2.23. The van der Waals surface area contributed by atoms with Crippen LogP contribution < -0.4 is 10.1 Å². The fourth-order valence-corrected chi connectivity index (χ4v) is 2.32. The fraction of sp³-hybridized carbons (Fsp3) is 0.286. The number of carbonyl (C=O) groups excluding carboxylic acids is 3. The van der Waals surface area contributed by atoms with Crippen molar-refractivity contribution in [2.24, 2.45) is 0 Å². The number of amides is 1. The molecule has 2 rings (SSSR count). The molecule has 0 saturated carbocycles. The summed E-state index contributed by atoms with van der Waals surface area (Å²) in [5.41, 5.74) is 1.67. The van der Waals surface area contributed by atoms with Gasteiger partial charge in [-0.2, -0.15) is 0 Å².